The molecule has 8 heteroatoms. The first-order chi connectivity index (χ1) is 13.3. The van der Waals surface area contributed by atoms with Crippen molar-refractivity contribution in [1.29, 1.82) is 0 Å². The molecule has 1 radical (unpaired) electrons. The smallest absolute Gasteiger partial charge is 0.327 e. The van der Waals surface area contributed by atoms with Crippen molar-refractivity contribution in [3.05, 3.63) is 60.2 Å². The Morgan fingerprint density at radius 1 is 1.07 bits per heavy atom. The van der Waals surface area contributed by atoms with Crippen LogP contribution in [-0.4, -0.2) is 79.6 Å². The van der Waals surface area contributed by atoms with Crippen LogP contribution in [0.1, 0.15) is 24.2 Å². The van der Waals surface area contributed by atoms with E-state index in [1.54, 1.807) is 12.1 Å². The number of carbonyl (C=O) groups excluding carboxylic acids is 2. The summed E-state index contributed by atoms with van der Waals surface area (Å²) in [6.07, 6.45) is 0. The van der Waals surface area contributed by atoms with E-state index >= 15 is 0 Å². The number of carboxylic acids is 1. The molecule has 2 fully saturated rings. The summed E-state index contributed by atoms with van der Waals surface area (Å²) < 4.78 is -0.617. The first kappa shape index (κ1) is 21.9. The minimum atomic E-state index is -1.02. The molecule has 4 rings (SSSR count). The third-order valence-electron chi connectivity index (χ3n) is 5.22. The molecule has 2 aliphatic rings. The van der Waals surface area contributed by atoms with Gasteiger partial charge in [-0.3, -0.25) is 9.59 Å². The SMILES string of the molecule is CC1(C)S[C@@H]2[C@H](NC(=O)c3ccccc3-c3ccccc3)C(=O)N2[C@H]1C(=O)O.[Na]. The molecule has 0 saturated carbocycles. The molecule has 0 unspecified atom stereocenters. The van der Waals surface area contributed by atoms with Crippen molar-refractivity contribution >= 4 is 59.1 Å². The molecule has 2 saturated heterocycles. The number of rotatable bonds is 4. The third-order valence-corrected chi connectivity index (χ3v) is 6.79. The Morgan fingerprint density at radius 3 is 2.34 bits per heavy atom. The van der Waals surface area contributed by atoms with Crippen LogP contribution in [-0.2, 0) is 9.59 Å². The number of amides is 2. The van der Waals surface area contributed by atoms with E-state index in [4.69, 9.17) is 0 Å². The fourth-order valence-corrected chi connectivity index (χ4v) is 5.54. The number of β-lactam (4-membered cyclic amide) rings is 1. The molecule has 29 heavy (non-hydrogen) atoms. The normalized spacial score (nSPS) is 24.1. The summed E-state index contributed by atoms with van der Waals surface area (Å²) in [5, 5.41) is 12.0. The van der Waals surface area contributed by atoms with E-state index in [0.29, 0.717) is 5.56 Å². The van der Waals surface area contributed by atoms with Gasteiger partial charge in [-0.25, -0.2) is 4.79 Å². The molecule has 2 amide bonds. The van der Waals surface area contributed by atoms with Gasteiger partial charge in [0, 0.05) is 39.9 Å². The van der Waals surface area contributed by atoms with Crippen LogP contribution in [0.25, 0.3) is 11.1 Å². The van der Waals surface area contributed by atoms with Crippen molar-refractivity contribution in [2.45, 2.75) is 36.1 Å². The molecule has 6 nitrogen and oxygen atoms in total. The van der Waals surface area contributed by atoms with Gasteiger partial charge in [0.2, 0.25) is 5.91 Å². The topological polar surface area (TPSA) is 86.7 Å². The van der Waals surface area contributed by atoms with Crippen LogP contribution in [0, 0.1) is 0 Å². The van der Waals surface area contributed by atoms with Gasteiger partial charge in [0.25, 0.3) is 5.91 Å². The molecular formula is C21H20N2NaO4S. The minimum Gasteiger partial charge on any atom is -0.480 e. The van der Waals surface area contributed by atoms with Crippen LogP contribution >= 0.6 is 11.8 Å². The number of carbonyl (C=O) groups is 3. The van der Waals surface area contributed by atoms with Crippen molar-refractivity contribution in [2.75, 3.05) is 0 Å². The molecule has 3 atom stereocenters. The zero-order valence-electron chi connectivity index (χ0n) is 16.5. The number of hydrogen-bond acceptors (Lipinski definition) is 4. The second-order valence-electron chi connectivity index (χ2n) is 7.46. The van der Waals surface area contributed by atoms with Gasteiger partial charge < -0.3 is 15.3 Å². The third kappa shape index (κ3) is 3.72. The van der Waals surface area contributed by atoms with Gasteiger partial charge in [-0.15, -0.1) is 11.8 Å². The second kappa shape index (κ2) is 8.14. The van der Waals surface area contributed by atoms with E-state index in [2.05, 4.69) is 5.32 Å². The molecule has 0 bridgehead atoms. The maximum atomic E-state index is 12.9. The minimum absolute atomic E-state index is 0. The number of thioether (sulfide) groups is 1. The van der Waals surface area contributed by atoms with E-state index in [1.165, 1.54) is 16.7 Å². The van der Waals surface area contributed by atoms with E-state index in [-0.39, 0.29) is 46.7 Å². The van der Waals surface area contributed by atoms with E-state index in [0.717, 1.165) is 11.1 Å². The van der Waals surface area contributed by atoms with E-state index < -0.39 is 22.8 Å². The van der Waals surface area contributed by atoms with Gasteiger partial charge in [-0.1, -0.05) is 48.5 Å². The van der Waals surface area contributed by atoms with Gasteiger partial charge in [-0.2, -0.15) is 0 Å². The first-order valence-corrected chi connectivity index (χ1v) is 9.87. The van der Waals surface area contributed by atoms with Gasteiger partial charge in [0.15, 0.2) is 0 Å². The number of nitrogens with zero attached hydrogens (tertiary/aromatic N) is 1. The second-order valence-corrected chi connectivity index (χ2v) is 9.23. The monoisotopic (exact) mass is 419 g/mol. The molecule has 0 aromatic heterocycles. The standard InChI is InChI=1S/C21H20N2O4S.Na/c1-21(2)16(20(26)27)23-18(25)15(19(23)28-21)22-17(24)14-11-7-6-10-13(14)12-8-4-3-5-9-12;/h3-11,15-16,19H,1-2H3,(H,22,24)(H,26,27);/t15-,16+,19-;/m1./s1. The van der Waals surface area contributed by atoms with Crippen molar-refractivity contribution in [3.8, 4) is 11.1 Å². The fourth-order valence-electron chi connectivity index (χ4n) is 3.91. The summed E-state index contributed by atoms with van der Waals surface area (Å²) in [4.78, 5) is 38.5. The fraction of sp³-hybridized carbons (Fsp3) is 0.286. The quantitative estimate of drug-likeness (QED) is 0.586. The van der Waals surface area contributed by atoms with Crippen LogP contribution in [0.5, 0.6) is 0 Å². The van der Waals surface area contributed by atoms with Gasteiger partial charge in [0.1, 0.15) is 17.5 Å². The Bertz CT molecular complexity index is 966. The molecular weight excluding hydrogens is 399 g/mol. The summed E-state index contributed by atoms with van der Waals surface area (Å²) in [5.74, 6) is -1.71. The van der Waals surface area contributed by atoms with Gasteiger partial charge in [-0.05, 0) is 31.0 Å². The average Bonchev–Trinajstić information content (AvgIpc) is 2.94. The molecule has 2 aliphatic heterocycles. The molecule has 2 aromatic carbocycles. The van der Waals surface area contributed by atoms with Crippen molar-refractivity contribution in [1.82, 2.24) is 10.2 Å². The van der Waals surface area contributed by atoms with Gasteiger partial charge >= 0.3 is 5.97 Å². The molecule has 145 valence electrons. The molecule has 0 spiro atoms. The van der Waals surface area contributed by atoms with Crippen LogP contribution in [0.2, 0.25) is 0 Å². The van der Waals surface area contributed by atoms with E-state index in [1.807, 2.05) is 56.3 Å². The van der Waals surface area contributed by atoms with Gasteiger partial charge in [0.05, 0.1) is 0 Å². The summed E-state index contributed by atoms with van der Waals surface area (Å²) in [7, 11) is 0. The number of hydrogen-bond donors (Lipinski definition) is 2. The van der Waals surface area contributed by atoms with E-state index in [9.17, 15) is 19.5 Å². The number of benzene rings is 2. The maximum absolute atomic E-state index is 12.9. The number of fused-ring (bicyclic) bond motifs is 1. The molecule has 2 N–H and O–H groups in total. The van der Waals surface area contributed by atoms with Crippen molar-refractivity contribution in [2.24, 2.45) is 0 Å². The Labute approximate surface area is 195 Å². The predicted octanol–water partition coefficient (Wildman–Crippen LogP) is 2.22. The summed E-state index contributed by atoms with van der Waals surface area (Å²) in [6, 6.07) is 15.2. The zero-order valence-corrected chi connectivity index (χ0v) is 19.3. The van der Waals surface area contributed by atoms with Crippen molar-refractivity contribution in [3.63, 3.8) is 0 Å². The largest absolute Gasteiger partial charge is 0.480 e. The van der Waals surface area contributed by atoms with Crippen LogP contribution in [0.4, 0.5) is 0 Å². The number of carboxylic acid groups (broad SMARTS) is 1. The first-order valence-electron chi connectivity index (χ1n) is 8.99. The summed E-state index contributed by atoms with van der Waals surface area (Å²) in [5.41, 5.74) is 2.18. The zero-order chi connectivity index (χ0) is 20.1. The Hall–Kier alpha value is -1.80. The number of aliphatic carboxylic acids is 1. The molecule has 2 aromatic rings. The predicted molar refractivity (Wildman–Crippen MR) is 113 cm³/mol. The number of nitrogens with one attached hydrogen (secondary N) is 1. The average molecular weight is 419 g/mol. The molecule has 0 aliphatic carbocycles. The van der Waals surface area contributed by atoms with Crippen LogP contribution in [0.3, 0.4) is 0 Å². The van der Waals surface area contributed by atoms with Crippen LogP contribution < -0.4 is 5.32 Å². The van der Waals surface area contributed by atoms with Crippen molar-refractivity contribution < 1.29 is 19.5 Å². The van der Waals surface area contributed by atoms with Crippen LogP contribution in [0.15, 0.2) is 54.6 Å². The summed E-state index contributed by atoms with van der Waals surface area (Å²) in [6.45, 7) is 3.62. The summed E-state index contributed by atoms with van der Waals surface area (Å²) >= 11 is 1.41. The Balaban J connectivity index is 0.00000240. The Kier molecular flexibility index (Phi) is 6.15. The Morgan fingerprint density at radius 2 is 1.69 bits per heavy atom. The maximum Gasteiger partial charge on any atom is 0.327 e. The molecule has 2 heterocycles.